The number of fused-ring (bicyclic) bond motifs is 1. The minimum atomic E-state index is 0.316. The first kappa shape index (κ1) is 20.5. The molecule has 1 aliphatic carbocycles. The zero-order chi connectivity index (χ0) is 21.9. The maximum atomic E-state index is 6.07. The van der Waals surface area contributed by atoms with Crippen LogP contribution in [0.15, 0.2) is 73.1 Å². The van der Waals surface area contributed by atoms with Crippen molar-refractivity contribution in [3.8, 4) is 0 Å². The summed E-state index contributed by atoms with van der Waals surface area (Å²) in [6.45, 7) is 2.24. The molecule has 0 aliphatic heterocycles. The van der Waals surface area contributed by atoms with Crippen LogP contribution in [-0.4, -0.2) is 26.7 Å². The molecular formula is C26H30N6. The van der Waals surface area contributed by atoms with Crippen LogP contribution in [0, 0.1) is 0 Å². The van der Waals surface area contributed by atoms with E-state index in [0.717, 1.165) is 48.5 Å². The van der Waals surface area contributed by atoms with Crippen molar-refractivity contribution < 1.29 is 0 Å². The molecule has 0 amide bonds. The Kier molecular flexibility index (Phi) is 5.77. The van der Waals surface area contributed by atoms with Crippen molar-refractivity contribution in [2.24, 2.45) is 5.73 Å². The number of rotatable bonds is 6. The Labute approximate surface area is 188 Å². The Bertz CT molecular complexity index is 1180. The lowest BCUT2D eigenvalue weighted by molar-refractivity contribution is 0.410. The molecule has 164 valence electrons. The van der Waals surface area contributed by atoms with Gasteiger partial charge in [0.05, 0.1) is 5.69 Å². The van der Waals surface area contributed by atoms with Crippen LogP contribution < -0.4 is 16.4 Å². The third-order valence-corrected chi connectivity index (χ3v) is 6.45. The van der Waals surface area contributed by atoms with Gasteiger partial charge in [-0.2, -0.15) is 0 Å². The maximum Gasteiger partial charge on any atom is 0.177 e. The molecule has 4 aromatic rings. The summed E-state index contributed by atoms with van der Waals surface area (Å²) in [5.74, 6) is 1.17. The molecule has 2 aromatic heterocycles. The van der Waals surface area contributed by atoms with Crippen molar-refractivity contribution >= 4 is 22.8 Å². The van der Waals surface area contributed by atoms with Gasteiger partial charge in [0, 0.05) is 42.1 Å². The molecular weight excluding hydrogens is 396 g/mol. The highest BCUT2D eigenvalue weighted by molar-refractivity contribution is 5.76. The highest BCUT2D eigenvalue weighted by atomic mass is 15.3. The van der Waals surface area contributed by atoms with Gasteiger partial charge in [-0.3, -0.25) is 0 Å². The van der Waals surface area contributed by atoms with Crippen LogP contribution in [0.5, 0.6) is 0 Å². The largest absolute Gasteiger partial charge is 0.366 e. The van der Waals surface area contributed by atoms with E-state index in [0.29, 0.717) is 18.0 Å². The monoisotopic (exact) mass is 426 g/mol. The summed E-state index contributed by atoms with van der Waals surface area (Å²) < 4.78 is 1.83. The molecule has 2 heterocycles. The molecule has 0 spiro atoms. The molecule has 1 fully saturated rings. The van der Waals surface area contributed by atoms with Crippen LogP contribution >= 0.6 is 0 Å². The second kappa shape index (κ2) is 9.01. The van der Waals surface area contributed by atoms with Crippen molar-refractivity contribution in [3.63, 3.8) is 0 Å². The van der Waals surface area contributed by atoms with E-state index in [2.05, 4.69) is 83.2 Å². The van der Waals surface area contributed by atoms with E-state index in [1.807, 2.05) is 10.7 Å². The first-order valence-corrected chi connectivity index (χ1v) is 11.4. The normalized spacial score (nSPS) is 19.6. The average Bonchev–Trinajstić information content (AvgIpc) is 3.30. The number of nitrogens with zero attached hydrogens (tertiary/aromatic N) is 3. The van der Waals surface area contributed by atoms with Crippen molar-refractivity contribution in [2.75, 3.05) is 10.6 Å². The summed E-state index contributed by atoms with van der Waals surface area (Å²) in [5.41, 5.74) is 11.4. The molecule has 1 unspecified atom stereocenters. The lowest BCUT2D eigenvalue weighted by atomic mass is 9.92. The number of nitrogens with two attached hydrogens (primary N) is 1. The van der Waals surface area contributed by atoms with Gasteiger partial charge >= 0.3 is 0 Å². The predicted molar refractivity (Wildman–Crippen MR) is 131 cm³/mol. The third-order valence-electron chi connectivity index (χ3n) is 6.45. The van der Waals surface area contributed by atoms with Gasteiger partial charge in [-0.15, -0.1) is 5.10 Å². The molecule has 0 radical (unpaired) electrons. The smallest absolute Gasteiger partial charge is 0.177 e. The van der Waals surface area contributed by atoms with E-state index >= 15 is 0 Å². The van der Waals surface area contributed by atoms with Crippen LogP contribution in [0.2, 0.25) is 0 Å². The fourth-order valence-electron chi connectivity index (χ4n) is 4.53. The van der Waals surface area contributed by atoms with E-state index < -0.39 is 0 Å². The highest BCUT2D eigenvalue weighted by Gasteiger charge is 2.19. The van der Waals surface area contributed by atoms with Gasteiger partial charge in [0.25, 0.3) is 0 Å². The van der Waals surface area contributed by atoms with Gasteiger partial charge in [0.15, 0.2) is 5.65 Å². The zero-order valence-corrected chi connectivity index (χ0v) is 18.4. The van der Waals surface area contributed by atoms with Crippen molar-refractivity contribution in [1.82, 2.24) is 14.6 Å². The summed E-state index contributed by atoms with van der Waals surface area (Å²) in [6, 6.07) is 22.0. The highest BCUT2D eigenvalue weighted by Crippen LogP contribution is 2.29. The van der Waals surface area contributed by atoms with Crippen molar-refractivity contribution in [2.45, 2.75) is 50.6 Å². The van der Waals surface area contributed by atoms with Gasteiger partial charge in [0.2, 0.25) is 0 Å². The topological polar surface area (TPSA) is 80.3 Å². The van der Waals surface area contributed by atoms with E-state index in [1.165, 1.54) is 11.1 Å². The predicted octanol–water partition coefficient (Wildman–Crippen LogP) is 5.31. The molecule has 32 heavy (non-hydrogen) atoms. The summed E-state index contributed by atoms with van der Waals surface area (Å²) >= 11 is 0. The maximum absolute atomic E-state index is 6.07. The third kappa shape index (κ3) is 4.46. The Balaban J connectivity index is 1.39. The molecule has 6 heteroatoms. The number of anilines is 3. The van der Waals surface area contributed by atoms with Crippen LogP contribution in [-0.2, 0) is 0 Å². The molecule has 1 aliphatic rings. The van der Waals surface area contributed by atoms with Crippen LogP contribution in [0.3, 0.4) is 0 Å². The fourth-order valence-corrected chi connectivity index (χ4v) is 4.53. The lowest BCUT2D eigenvalue weighted by Crippen LogP contribution is -2.33. The summed E-state index contributed by atoms with van der Waals surface area (Å²) in [4.78, 5) is 4.51. The first-order valence-electron chi connectivity index (χ1n) is 11.4. The summed E-state index contributed by atoms with van der Waals surface area (Å²) in [5, 5.41) is 11.9. The van der Waals surface area contributed by atoms with Gasteiger partial charge in [-0.1, -0.05) is 49.4 Å². The van der Waals surface area contributed by atoms with Gasteiger partial charge < -0.3 is 16.4 Å². The molecule has 0 bridgehead atoms. The summed E-state index contributed by atoms with van der Waals surface area (Å²) in [7, 11) is 0. The van der Waals surface area contributed by atoms with Crippen LogP contribution in [0.25, 0.3) is 5.65 Å². The first-order chi connectivity index (χ1) is 15.7. The van der Waals surface area contributed by atoms with Crippen LogP contribution in [0.1, 0.15) is 49.7 Å². The van der Waals surface area contributed by atoms with E-state index in [4.69, 9.17) is 10.8 Å². The standard InChI is InChI=1S/C26H30N6/c1-18(19-6-3-2-4-7-19)20-8-5-9-23(16-20)29-24-17-25(31-32-15-14-28-26(24)32)30-22-12-10-21(27)11-13-22/h2-9,14-18,21-22,29H,10-13,27H2,1H3,(H,30,31). The fraction of sp³-hybridized carbons (Fsp3) is 0.308. The quantitative estimate of drug-likeness (QED) is 0.389. The second-order valence-corrected chi connectivity index (χ2v) is 8.78. The number of hydrogen-bond donors (Lipinski definition) is 3. The van der Waals surface area contributed by atoms with Crippen LogP contribution in [0.4, 0.5) is 17.2 Å². The Morgan fingerprint density at radius 2 is 1.75 bits per heavy atom. The van der Waals surface area contributed by atoms with Gasteiger partial charge in [0.1, 0.15) is 5.82 Å². The average molecular weight is 427 g/mol. The molecule has 0 saturated heterocycles. The minimum Gasteiger partial charge on any atom is -0.366 e. The number of aromatic nitrogens is 3. The Morgan fingerprint density at radius 3 is 2.56 bits per heavy atom. The lowest BCUT2D eigenvalue weighted by Gasteiger charge is -2.27. The zero-order valence-electron chi connectivity index (χ0n) is 18.4. The molecule has 4 N–H and O–H groups in total. The molecule has 1 saturated carbocycles. The number of nitrogens with one attached hydrogen (secondary N) is 2. The minimum absolute atomic E-state index is 0.316. The molecule has 6 nitrogen and oxygen atoms in total. The van der Waals surface area contributed by atoms with E-state index in [-0.39, 0.29) is 0 Å². The molecule has 5 rings (SSSR count). The number of imidazole rings is 1. The van der Waals surface area contributed by atoms with Crippen molar-refractivity contribution in [1.29, 1.82) is 0 Å². The molecule has 2 aromatic carbocycles. The Morgan fingerprint density at radius 1 is 0.969 bits per heavy atom. The number of hydrogen-bond acceptors (Lipinski definition) is 5. The SMILES string of the molecule is CC(c1ccccc1)c1cccc(Nc2cc(NC3CCC(N)CC3)nn3ccnc23)c1. The van der Waals surface area contributed by atoms with E-state index in [9.17, 15) is 0 Å². The second-order valence-electron chi connectivity index (χ2n) is 8.78. The van der Waals surface area contributed by atoms with Crippen molar-refractivity contribution in [3.05, 3.63) is 84.2 Å². The van der Waals surface area contributed by atoms with Gasteiger partial charge in [-0.05, 0) is 48.9 Å². The van der Waals surface area contributed by atoms with Gasteiger partial charge in [-0.25, -0.2) is 9.50 Å². The summed E-state index contributed by atoms with van der Waals surface area (Å²) in [6.07, 6.45) is 7.94. The Hall–Kier alpha value is -3.38. The number of benzene rings is 2. The van der Waals surface area contributed by atoms with E-state index in [1.54, 1.807) is 6.20 Å². The molecule has 1 atom stereocenters.